The lowest BCUT2D eigenvalue weighted by Crippen LogP contribution is -2.35. The summed E-state index contributed by atoms with van der Waals surface area (Å²) in [6.45, 7) is 5.30. The van der Waals surface area contributed by atoms with E-state index in [1.807, 2.05) is 12.1 Å². The summed E-state index contributed by atoms with van der Waals surface area (Å²) in [4.78, 5) is 11.5. The molecule has 1 atom stereocenters. The lowest BCUT2D eigenvalue weighted by molar-refractivity contribution is -0.120. The number of carbonyl (C=O) groups is 1. The Hall–Kier alpha value is -0.870. The van der Waals surface area contributed by atoms with Gasteiger partial charge in [0.2, 0.25) is 5.91 Å². The minimum absolute atomic E-state index is 0.0624. The molecule has 0 aromatic heterocycles. The zero-order valence-corrected chi connectivity index (χ0v) is 12.6. The van der Waals surface area contributed by atoms with Crippen molar-refractivity contribution in [2.45, 2.75) is 32.7 Å². The van der Waals surface area contributed by atoms with Gasteiger partial charge in [-0.05, 0) is 31.0 Å². The molecule has 1 aromatic carbocycles. The smallest absolute Gasteiger partial charge is 0.233 e. The van der Waals surface area contributed by atoms with Crippen LogP contribution in [0.25, 0.3) is 0 Å². The molecule has 4 heteroatoms. The summed E-state index contributed by atoms with van der Waals surface area (Å²) in [7, 11) is 0. The summed E-state index contributed by atoms with van der Waals surface area (Å²) in [5.41, 5.74) is 1.18. The molecular formula is C14H21BrN2O. The van der Waals surface area contributed by atoms with Crippen molar-refractivity contribution in [1.29, 1.82) is 0 Å². The van der Waals surface area contributed by atoms with E-state index in [2.05, 4.69) is 52.5 Å². The Morgan fingerprint density at radius 3 is 2.61 bits per heavy atom. The lowest BCUT2D eigenvalue weighted by Gasteiger charge is -2.14. The van der Waals surface area contributed by atoms with E-state index in [4.69, 9.17) is 0 Å². The van der Waals surface area contributed by atoms with Gasteiger partial charge in [0.25, 0.3) is 0 Å². The van der Waals surface area contributed by atoms with E-state index in [1.165, 1.54) is 5.56 Å². The molecule has 0 bridgehead atoms. The van der Waals surface area contributed by atoms with Crippen LogP contribution in [0.5, 0.6) is 0 Å². The first-order valence-electron chi connectivity index (χ1n) is 6.39. The van der Waals surface area contributed by atoms with Crippen molar-refractivity contribution in [3.8, 4) is 0 Å². The second-order valence-corrected chi connectivity index (χ2v) is 5.27. The minimum atomic E-state index is 0.0624. The van der Waals surface area contributed by atoms with Gasteiger partial charge in [0.15, 0.2) is 0 Å². The van der Waals surface area contributed by atoms with E-state index in [0.717, 1.165) is 23.9 Å². The number of carbonyl (C=O) groups excluding carboxylic acids is 1. The van der Waals surface area contributed by atoms with Gasteiger partial charge in [-0.15, -0.1) is 0 Å². The predicted octanol–water partition coefficient (Wildman–Crippen LogP) is 3.02. The average molecular weight is 313 g/mol. The number of hydrogen-bond donors (Lipinski definition) is 2. The third-order valence-electron chi connectivity index (χ3n) is 2.79. The summed E-state index contributed by atoms with van der Waals surface area (Å²) in [5, 5.41) is 6.11. The summed E-state index contributed by atoms with van der Waals surface area (Å²) >= 11 is 3.41. The maximum Gasteiger partial charge on any atom is 0.233 e. The molecule has 1 aromatic rings. The standard InChI is InChI=1S/C14H21BrN2O/c1-3-4-9-16-14(18)10-17-11(2)12-5-7-13(15)8-6-12/h5-8,11,17H,3-4,9-10H2,1-2H3,(H,16,18)/t11-/m1/s1. The molecule has 2 N–H and O–H groups in total. The topological polar surface area (TPSA) is 41.1 Å². The van der Waals surface area contributed by atoms with Crippen LogP contribution in [0.3, 0.4) is 0 Å². The number of nitrogens with one attached hydrogen (secondary N) is 2. The quantitative estimate of drug-likeness (QED) is 0.760. The number of benzene rings is 1. The van der Waals surface area contributed by atoms with Crippen molar-refractivity contribution in [1.82, 2.24) is 10.6 Å². The van der Waals surface area contributed by atoms with E-state index in [0.29, 0.717) is 6.54 Å². The summed E-state index contributed by atoms with van der Waals surface area (Å²) in [5.74, 6) is 0.0624. The SMILES string of the molecule is CCCCNC(=O)CN[C@H](C)c1ccc(Br)cc1. The van der Waals surface area contributed by atoms with Crippen molar-refractivity contribution >= 4 is 21.8 Å². The highest BCUT2D eigenvalue weighted by atomic mass is 79.9. The monoisotopic (exact) mass is 312 g/mol. The second-order valence-electron chi connectivity index (χ2n) is 4.36. The van der Waals surface area contributed by atoms with Crippen LogP contribution >= 0.6 is 15.9 Å². The van der Waals surface area contributed by atoms with Gasteiger partial charge < -0.3 is 10.6 Å². The molecule has 0 aliphatic carbocycles. The number of halogens is 1. The highest BCUT2D eigenvalue weighted by Crippen LogP contribution is 2.16. The predicted molar refractivity (Wildman–Crippen MR) is 78.5 cm³/mol. The molecular weight excluding hydrogens is 292 g/mol. The van der Waals surface area contributed by atoms with E-state index in [-0.39, 0.29) is 11.9 Å². The number of hydrogen-bond acceptors (Lipinski definition) is 2. The fourth-order valence-electron chi connectivity index (χ4n) is 1.58. The molecule has 0 heterocycles. The van der Waals surface area contributed by atoms with Gasteiger partial charge in [0, 0.05) is 17.1 Å². The fraction of sp³-hybridized carbons (Fsp3) is 0.500. The molecule has 0 aliphatic rings. The van der Waals surface area contributed by atoms with Crippen LogP contribution in [-0.4, -0.2) is 19.0 Å². The maximum atomic E-state index is 11.5. The second kappa shape index (κ2) is 8.27. The molecule has 0 spiro atoms. The Kier molecular flexibility index (Phi) is 6.98. The molecule has 0 aliphatic heterocycles. The van der Waals surface area contributed by atoms with E-state index in [1.54, 1.807) is 0 Å². The summed E-state index contributed by atoms with van der Waals surface area (Å²) in [6.07, 6.45) is 2.14. The van der Waals surface area contributed by atoms with Gasteiger partial charge in [-0.1, -0.05) is 41.4 Å². The Morgan fingerprint density at radius 1 is 1.33 bits per heavy atom. The molecule has 0 unspecified atom stereocenters. The molecule has 0 saturated carbocycles. The molecule has 1 amide bonds. The highest BCUT2D eigenvalue weighted by Gasteiger charge is 2.06. The first kappa shape index (κ1) is 15.2. The zero-order chi connectivity index (χ0) is 13.4. The number of amides is 1. The average Bonchev–Trinajstić information content (AvgIpc) is 2.37. The van der Waals surface area contributed by atoms with Crippen molar-refractivity contribution in [2.24, 2.45) is 0 Å². The molecule has 18 heavy (non-hydrogen) atoms. The normalized spacial score (nSPS) is 12.2. The van der Waals surface area contributed by atoms with Crippen LogP contribution in [0.4, 0.5) is 0 Å². The number of rotatable bonds is 7. The van der Waals surface area contributed by atoms with Crippen LogP contribution in [0.2, 0.25) is 0 Å². The summed E-state index contributed by atoms with van der Waals surface area (Å²) in [6, 6.07) is 8.30. The molecule has 0 radical (unpaired) electrons. The van der Waals surface area contributed by atoms with E-state index in [9.17, 15) is 4.79 Å². The fourth-order valence-corrected chi connectivity index (χ4v) is 1.85. The minimum Gasteiger partial charge on any atom is -0.355 e. The van der Waals surface area contributed by atoms with Crippen LogP contribution < -0.4 is 10.6 Å². The van der Waals surface area contributed by atoms with Gasteiger partial charge in [-0.2, -0.15) is 0 Å². The van der Waals surface area contributed by atoms with E-state index >= 15 is 0 Å². The van der Waals surface area contributed by atoms with Gasteiger partial charge in [-0.3, -0.25) is 4.79 Å². The Labute approximate surface area is 117 Å². The van der Waals surface area contributed by atoms with Crippen molar-refractivity contribution in [3.05, 3.63) is 34.3 Å². The Morgan fingerprint density at radius 2 is 2.00 bits per heavy atom. The Bertz CT molecular complexity index is 365. The van der Waals surface area contributed by atoms with Crippen molar-refractivity contribution < 1.29 is 4.79 Å². The van der Waals surface area contributed by atoms with E-state index < -0.39 is 0 Å². The lowest BCUT2D eigenvalue weighted by atomic mass is 10.1. The molecule has 0 fully saturated rings. The third kappa shape index (κ3) is 5.65. The van der Waals surface area contributed by atoms with Gasteiger partial charge in [0.1, 0.15) is 0 Å². The summed E-state index contributed by atoms with van der Waals surface area (Å²) < 4.78 is 1.07. The number of unbranched alkanes of at least 4 members (excludes halogenated alkanes) is 1. The van der Waals surface area contributed by atoms with Crippen LogP contribution in [0, 0.1) is 0 Å². The highest BCUT2D eigenvalue weighted by molar-refractivity contribution is 9.10. The maximum absolute atomic E-state index is 11.5. The molecule has 0 saturated heterocycles. The third-order valence-corrected chi connectivity index (χ3v) is 3.32. The molecule has 1 rings (SSSR count). The largest absolute Gasteiger partial charge is 0.355 e. The molecule has 3 nitrogen and oxygen atoms in total. The zero-order valence-electron chi connectivity index (χ0n) is 11.0. The Balaban J connectivity index is 2.30. The van der Waals surface area contributed by atoms with Gasteiger partial charge in [0.05, 0.1) is 6.54 Å². The van der Waals surface area contributed by atoms with Crippen molar-refractivity contribution in [3.63, 3.8) is 0 Å². The first-order valence-corrected chi connectivity index (χ1v) is 7.18. The van der Waals surface area contributed by atoms with Gasteiger partial charge >= 0.3 is 0 Å². The van der Waals surface area contributed by atoms with Crippen LogP contribution in [0.15, 0.2) is 28.7 Å². The van der Waals surface area contributed by atoms with Crippen molar-refractivity contribution in [2.75, 3.05) is 13.1 Å². The van der Waals surface area contributed by atoms with Gasteiger partial charge in [-0.25, -0.2) is 0 Å². The first-order chi connectivity index (χ1) is 8.63. The molecule has 100 valence electrons. The van der Waals surface area contributed by atoms with Crippen LogP contribution in [0.1, 0.15) is 38.3 Å². The van der Waals surface area contributed by atoms with Crippen LogP contribution in [-0.2, 0) is 4.79 Å².